The van der Waals surface area contributed by atoms with E-state index in [4.69, 9.17) is 4.74 Å². The van der Waals surface area contributed by atoms with Crippen molar-refractivity contribution in [3.8, 4) is 5.75 Å². The van der Waals surface area contributed by atoms with Crippen molar-refractivity contribution in [1.29, 1.82) is 0 Å². The Kier molecular flexibility index (Phi) is 2.49. The summed E-state index contributed by atoms with van der Waals surface area (Å²) < 4.78 is 7.07. The van der Waals surface area contributed by atoms with E-state index in [1.807, 2.05) is 10.9 Å². The molecule has 0 bridgehead atoms. The minimum absolute atomic E-state index is 0.498. The second-order valence-corrected chi connectivity index (χ2v) is 3.36. The lowest BCUT2D eigenvalue weighted by Gasteiger charge is -2.22. The van der Waals surface area contributed by atoms with Gasteiger partial charge in [0.1, 0.15) is 0 Å². The molecule has 2 heterocycles. The van der Waals surface area contributed by atoms with Gasteiger partial charge in [0.25, 0.3) is 0 Å². The highest BCUT2D eigenvalue weighted by Gasteiger charge is 2.15. The van der Waals surface area contributed by atoms with Crippen LogP contribution in [0.2, 0.25) is 0 Å². The van der Waals surface area contributed by atoms with Gasteiger partial charge in [0.15, 0.2) is 5.75 Å². The topological polar surface area (TPSA) is 39.1 Å². The van der Waals surface area contributed by atoms with Crippen molar-refractivity contribution < 1.29 is 4.74 Å². The van der Waals surface area contributed by atoms with Gasteiger partial charge in [-0.05, 0) is 19.4 Å². The minimum Gasteiger partial charge on any atom is -0.493 e. The molecule has 13 heavy (non-hydrogen) atoms. The van der Waals surface area contributed by atoms with E-state index in [2.05, 4.69) is 10.4 Å². The van der Waals surface area contributed by atoms with E-state index in [9.17, 15) is 0 Å². The molecule has 72 valence electrons. The summed E-state index contributed by atoms with van der Waals surface area (Å²) in [5.74, 6) is 0.838. The molecule has 2 rings (SSSR count). The molecular weight excluding hydrogens is 166 g/mol. The summed E-state index contributed by atoms with van der Waals surface area (Å²) in [6.07, 6.45) is 6.15. The minimum atomic E-state index is 0.498. The smallest absolute Gasteiger partial charge is 0.156 e. The average molecular weight is 181 g/mol. The molecule has 1 aliphatic rings. The third-order valence-corrected chi connectivity index (χ3v) is 2.46. The van der Waals surface area contributed by atoms with Gasteiger partial charge < -0.3 is 10.1 Å². The van der Waals surface area contributed by atoms with Crippen LogP contribution in [-0.4, -0.2) is 30.0 Å². The lowest BCUT2D eigenvalue weighted by molar-refractivity contribution is 0.344. The van der Waals surface area contributed by atoms with Crippen LogP contribution < -0.4 is 10.1 Å². The van der Waals surface area contributed by atoms with E-state index in [1.54, 1.807) is 13.3 Å². The molecule has 1 atom stereocenters. The number of nitrogens with zero attached hydrogens (tertiary/aromatic N) is 2. The van der Waals surface area contributed by atoms with Gasteiger partial charge in [0.05, 0.1) is 25.5 Å². The SMILES string of the molecule is COc1cnn(C2CCCNC2)c1. The number of methoxy groups -OCH3 is 1. The first-order valence-electron chi connectivity index (χ1n) is 4.69. The van der Waals surface area contributed by atoms with Crippen molar-refractivity contribution in [3.63, 3.8) is 0 Å². The fourth-order valence-electron chi connectivity index (χ4n) is 1.68. The summed E-state index contributed by atoms with van der Waals surface area (Å²) in [6.45, 7) is 2.15. The molecule has 1 fully saturated rings. The van der Waals surface area contributed by atoms with E-state index in [-0.39, 0.29) is 0 Å². The first kappa shape index (κ1) is 8.56. The van der Waals surface area contributed by atoms with E-state index in [1.165, 1.54) is 12.8 Å². The van der Waals surface area contributed by atoms with Gasteiger partial charge in [-0.1, -0.05) is 0 Å². The molecule has 1 saturated heterocycles. The van der Waals surface area contributed by atoms with Crippen molar-refractivity contribution in [2.45, 2.75) is 18.9 Å². The Bertz CT molecular complexity index is 266. The number of piperidine rings is 1. The zero-order valence-electron chi connectivity index (χ0n) is 7.86. The van der Waals surface area contributed by atoms with Crippen LogP contribution >= 0.6 is 0 Å². The predicted octanol–water partition coefficient (Wildman–Crippen LogP) is 0.816. The molecular formula is C9H15N3O. The fourth-order valence-corrected chi connectivity index (χ4v) is 1.68. The highest BCUT2D eigenvalue weighted by Crippen LogP contribution is 2.18. The lowest BCUT2D eigenvalue weighted by atomic mass is 10.1. The van der Waals surface area contributed by atoms with Gasteiger partial charge in [-0.15, -0.1) is 0 Å². The molecule has 0 radical (unpaired) electrons. The number of hydrogen-bond acceptors (Lipinski definition) is 3. The van der Waals surface area contributed by atoms with Crippen LogP contribution in [0.1, 0.15) is 18.9 Å². The molecule has 0 saturated carbocycles. The predicted molar refractivity (Wildman–Crippen MR) is 49.9 cm³/mol. The Labute approximate surface area is 77.9 Å². The molecule has 0 aromatic carbocycles. The van der Waals surface area contributed by atoms with Crippen molar-refractivity contribution in [1.82, 2.24) is 15.1 Å². The van der Waals surface area contributed by atoms with Crippen LogP contribution in [-0.2, 0) is 0 Å². The van der Waals surface area contributed by atoms with Crippen LogP contribution in [0, 0.1) is 0 Å². The number of nitrogens with one attached hydrogen (secondary N) is 1. The van der Waals surface area contributed by atoms with Crippen molar-refractivity contribution >= 4 is 0 Å². The van der Waals surface area contributed by atoms with Crippen LogP contribution in [0.4, 0.5) is 0 Å². The summed E-state index contributed by atoms with van der Waals surface area (Å²) in [6, 6.07) is 0.498. The number of ether oxygens (including phenoxy) is 1. The summed E-state index contributed by atoms with van der Waals surface area (Å²) in [4.78, 5) is 0. The van der Waals surface area contributed by atoms with Crippen molar-refractivity contribution in [3.05, 3.63) is 12.4 Å². The van der Waals surface area contributed by atoms with Gasteiger partial charge >= 0.3 is 0 Å². The summed E-state index contributed by atoms with van der Waals surface area (Å²) in [7, 11) is 1.67. The van der Waals surface area contributed by atoms with Crippen molar-refractivity contribution in [2.24, 2.45) is 0 Å². The number of rotatable bonds is 2. The molecule has 0 aliphatic carbocycles. The second-order valence-electron chi connectivity index (χ2n) is 3.36. The molecule has 4 heteroatoms. The zero-order chi connectivity index (χ0) is 9.10. The number of hydrogen-bond donors (Lipinski definition) is 1. The molecule has 1 aromatic rings. The highest BCUT2D eigenvalue weighted by atomic mass is 16.5. The van der Waals surface area contributed by atoms with Crippen LogP contribution in [0.3, 0.4) is 0 Å². The Balaban J connectivity index is 2.05. The lowest BCUT2D eigenvalue weighted by Crippen LogP contribution is -2.31. The van der Waals surface area contributed by atoms with Crippen LogP contribution in [0.5, 0.6) is 5.75 Å². The van der Waals surface area contributed by atoms with Crippen molar-refractivity contribution in [2.75, 3.05) is 20.2 Å². The Morgan fingerprint density at radius 3 is 3.23 bits per heavy atom. The Morgan fingerprint density at radius 1 is 1.69 bits per heavy atom. The van der Waals surface area contributed by atoms with E-state index in [0.717, 1.165) is 18.8 Å². The molecule has 0 amide bonds. The van der Waals surface area contributed by atoms with E-state index >= 15 is 0 Å². The summed E-state index contributed by atoms with van der Waals surface area (Å²) >= 11 is 0. The quantitative estimate of drug-likeness (QED) is 0.734. The number of aromatic nitrogens is 2. The normalized spacial score (nSPS) is 23.0. The van der Waals surface area contributed by atoms with Gasteiger partial charge in [-0.2, -0.15) is 5.10 Å². The van der Waals surface area contributed by atoms with Gasteiger partial charge in [0, 0.05) is 6.54 Å². The third-order valence-electron chi connectivity index (χ3n) is 2.46. The second kappa shape index (κ2) is 3.79. The maximum absolute atomic E-state index is 5.08. The molecule has 1 aromatic heterocycles. The van der Waals surface area contributed by atoms with Gasteiger partial charge in [-0.3, -0.25) is 4.68 Å². The van der Waals surface area contributed by atoms with Crippen LogP contribution in [0.15, 0.2) is 12.4 Å². The molecule has 1 N–H and O–H groups in total. The molecule has 1 aliphatic heterocycles. The van der Waals surface area contributed by atoms with Gasteiger partial charge in [0.2, 0.25) is 0 Å². The Morgan fingerprint density at radius 2 is 2.62 bits per heavy atom. The van der Waals surface area contributed by atoms with Gasteiger partial charge in [-0.25, -0.2) is 0 Å². The molecule has 0 spiro atoms. The largest absolute Gasteiger partial charge is 0.493 e. The third kappa shape index (κ3) is 1.83. The van der Waals surface area contributed by atoms with Crippen LogP contribution in [0.25, 0.3) is 0 Å². The average Bonchev–Trinajstić information content (AvgIpc) is 2.67. The molecule has 4 nitrogen and oxygen atoms in total. The van der Waals surface area contributed by atoms with E-state index < -0.39 is 0 Å². The first-order chi connectivity index (χ1) is 6.40. The van der Waals surface area contributed by atoms with E-state index in [0.29, 0.717) is 6.04 Å². The maximum atomic E-state index is 5.08. The molecule has 1 unspecified atom stereocenters. The maximum Gasteiger partial charge on any atom is 0.156 e. The standard InChI is InChI=1S/C9H15N3O/c1-13-9-6-11-12(7-9)8-3-2-4-10-5-8/h6-8,10H,2-5H2,1H3. The zero-order valence-corrected chi connectivity index (χ0v) is 7.86. The fraction of sp³-hybridized carbons (Fsp3) is 0.667. The summed E-state index contributed by atoms with van der Waals surface area (Å²) in [5, 5.41) is 7.62. The monoisotopic (exact) mass is 181 g/mol. The first-order valence-corrected chi connectivity index (χ1v) is 4.69. The highest BCUT2D eigenvalue weighted by molar-refractivity contribution is 5.11. The Hall–Kier alpha value is -1.03. The summed E-state index contributed by atoms with van der Waals surface area (Å²) in [5.41, 5.74) is 0.